The maximum absolute atomic E-state index is 14.9. The molecule has 3 saturated heterocycles. The molecule has 0 saturated carbocycles. The number of nitrogens with zero attached hydrogens (tertiary/aromatic N) is 6. The Bertz CT molecular complexity index is 1660. The summed E-state index contributed by atoms with van der Waals surface area (Å²) in [6.07, 6.45) is -1.47. The van der Waals surface area contributed by atoms with Gasteiger partial charge in [0.05, 0.1) is 49.4 Å². The highest BCUT2D eigenvalue weighted by Crippen LogP contribution is 2.35. The van der Waals surface area contributed by atoms with Crippen LogP contribution in [0.25, 0.3) is 11.3 Å². The van der Waals surface area contributed by atoms with Crippen LogP contribution in [0.1, 0.15) is 25.8 Å². The van der Waals surface area contributed by atoms with Crippen molar-refractivity contribution in [2.75, 3.05) is 69.3 Å². The van der Waals surface area contributed by atoms with Gasteiger partial charge in [-0.25, -0.2) is 18.7 Å². The Morgan fingerprint density at radius 1 is 1.15 bits per heavy atom. The van der Waals surface area contributed by atoms with Gasteiger partial charge in [-0.15, -0.1) is 0 Å². The van der Waals surface area contributed by atoms with Crippen LogP contribution in [0.15, 0.2) is 48.7 Å². The fraction of sp³-hybridized carbons (Fsp3) is 0.471. The van der Waals surface area contributed by atoms with Gasteiger partial charge in [0.1, 0.15) is 23.7 Å². The Hall–Kier alpha value is -4.58. The summed E-state index contributed by atoms with van der Waals surface area (Å²) in [5.74, 6) is -3.03. The number of hydrogen-bond acceptors (Lipinski definition) is 11. The summed E-state index contributed by atoms with van der Waals surface area (Å²) in [4.78, 5) is 26.8. The Morgan fingerprint density at radius 2 is 1.94 bits per heavy atom. The van der Waals surface area contributed by atoms with E-state index >= 15 is 0 Å². The van der Waals surface area contributed by atoms with Crippen LogP contribution < -0.4 is 19.7 Å². The molecule has 3 fully saturated rings. The molecule has 6 rings (SSSR count). The van der Waals surface area contributed by atoms with E-state index in [0.717, 1.165) is 61.4 Å². The first-order chi connectivity index (χ1) is 23.1. The highest BCUT2D eigenvalue weighted by molar-refractivity contribution is 5.80. The standard InChI is InChI=1S/C34H39F2N7O5/c1-3-47-30-17-25(5-6-28(30)42-14-12-41(13-15-42)26-19-46-20-26)39-33-38-10-8-27(40-33)23-4-7-29(24(16-23)18-37)48-31-9-11-43(21-34(31,35)36)32(45)22(2)44/h4-8,10,16-17,22,26,31,44H,3,9,11-15,19-21H2,1-2H3,(H,38,39,40)/t22-,31?/m0/s1. The molecule has 3 aliphatic heterocycles. The number of likely N-dealkylation sites (tertiary alicyclic amines) is 1. The van der Waals surface area contributed by atoms with Crippen molar-refractivity contribution < 1.29 is 32.9 Å². The van der Waals surface area contributed by atoms with E-state index < -0.39 is 30.6 Å². The minimum atomic E-state index is -3.37. The van der Waals surface area contributed by atoms with Crippen molar-refractivity contribution in [3.05, 3.63) is 54.2 Å². The normalized spacial score (nSPS) is 20.4. The minimum absolute atomic E-state index is 0.00300. The molecule has 4 heterocycles. The van der Waals surface area contributed by atoms with E-state index in [4.69, 9.17) is 14.2 Å². The zero-order valence-corrected chi connectivity index (χ0v) is 26.9. The number of nitriles is 1. The largest absolute Gasteiger partial charge is 0.492 e. The second-order valence-corrected chi connectivity index (χ2v) is 12.1. The Labute approximate surface area is 277 Å². The Morgan fingerprint density at radius 3 is 2.60 bits per heavy atom. The predicted octanol–water partition coefficient (Wildman–Crippen LogP) is 3.67. The van der Waals surface area contributed by atoms with Gasteiger partial charge < -0.3 is 34.4 Å². The number of alkyl halides is 2. The number of aromatic nitrogens is 2. The van der Waals surface area contributed by atoms with Crippen LogP contribution in [0.2, 0.25) is 0 Å². The topological polar surface area (TPSA) is 136 Å². The third-order valence-corrected chi connectivity index (χ3v) is 8.83. The molecule has 48 heavy (non-hydrogen) atoms. The molecular formula is C34H39F2N7O5. The smallest absolute Gasteiger partial charge is 0.301 e. The van der Waals surface area contributed by atoms with Gasteiger partial charge in [0.25, 0.3) is 5.91 Å². The van der Waals surface area contributed by atoms with Gasteiger partial charge in [0, 0.05) is 62.7 Å². The number of hydrogen-bond donors (Lipinski definition) is 2. The van der Waals surface area contributed by atoms with Crippen molar-refractivity contribution in [2.45, 2.75) is 44.4 Å². The lowest BCUT2D eigenvalue weighted by Gasteiger charge is -2.43. The number of amides is 1. The number of aliphatic hydroxyl groups excluding tert-OH is 1. The quantitative estimate of drug-likeness (QED) is 0.329. The molecule has 1 unspecified atom stereocenters. The fourth-order valence-electron chi connectivity index (χ4n) is 6.14. The first-order valence-corrected chi connectivity index (χ1v) is 16.1. The number of ether oxygens (including phenoxy) is 3. The number of benzene rings is 2. The van der Waals surface area contributed by atoms with Crippen LogP contribution in [0.4, 0.5) is 26.1 Å². The molecule has 3 aromatic rings. The molecule has 254 valence electrons. The van der Waals surface area contributed by atoms with Crippen molar-refractivity contribution in [3.8, 4) is 28.8 Å². The van der Waals surface area contributed by atoms with E-state index in [2.05, 4.69) is 25.1 Å². The van der Waals surface area contributed by atoms with Crippen LogP contribution in [0, 0.1) is 11.3 Å². The molecule has 0 spiro atoms. The third kappa shape index (κ3) is 7.28. The highest BCUT2D eigenvalue weighted by Gasteiger charge is 2.48. The lowest BCUT2D eigenvalue weighted by atomic mass is 10.0. The zero-order valence-electron chi connectivity index (χ0n) is 26.9. The molecule has 14 heteroatoms. The summed E-state index contributed by atoms with van der Waals surface area (Å²) in [5, 5.41) is 22.6. The summed E-state index contributed by atoms with van der Waals surface area (Å²) in [6, 6.07) is 14.8. The van der Waals surface area contributed by atoms with Crippen molar-refractivity contribution in [1.82, 2.24) is 19.8 Å². The highest BCUT2D eigenvalue weighted by atomic mass is 19.3. The molecule has 1 amide bonds. The van der Waals surface area contributed by atoms with Crippen molar-refractivity contribution in [1.29, 1.82) is 5.26 Å². The number of aliphatic hydroxyl groups is 1. The summed E-state index contributed by atoms with van der Waals surface area (Å²) >= 11 is 0. The number of halogens is 2. The molecule has 2 N–H and O–H groups in total. The lowest BCUT2D eigenvalue weighted by molar-refractivity contribution is -0.165. The first-order valence-electron chi connectivity index (χ1n) is 16.1. The van der Waals surface area contributed by atoms with Gasteiger partial charge in [0.15, 0.2) is 6.10 Å². The number of carbonyl (C=O) groups is 1. The maximum Gasteiger partial charge on any atom is 0.301 e. The Balaban J connectivity index is 1.13. The number of piperazine rings is 1. The molecular weight excluding hydrogens is 624 g/mol. The number of rotatable bonds is 10. The summed E-state index contributed by atoms with van der Waals surface area (Å²) in [6.45, 7) is 8.20. The summed E-state index contributed by atoms with van der Waals surface area (Å²) < 4.78 is 46.9. The van der Waals surface area contributed by atoms with Crippen LogP contribution >= 0.6 is 0 Å². The molecule has 12 nitrogen and oxygen atoms in total. The van der Waals surface area contributed by atoms with Crippen LogP contribution in [0.5, 0.6) is 11.5 Å². The molecule has 0 radical (unpaired) electrons. The molecule has 0 bridgehead atoms. The van der Waals surface area contributed by atoms with E-state index in [1.54, 1.807) is 18.3 Å². The van der Waals surface area contributed by atoms with Crippen molar-refractivity contribution >= 4 is 23.2 Å². The van der Waals surface area contributed by atoms with E-state index in [0.29, 0.717) is 29.9 Å². The van der Waals surface area contributed by atoms with Crippen LogP contribution in [-0.4, -0.2) is 114 Å². The van der Waals surface area contributed by atoms with E-state index in [-0.39, 0.29) is 24.3 Å². The van der Waals surface area contributed by atoms with E-state index in [9.17, 15) is 23.9 Å². The van der Waals surface area contributed by atoms with Gasteiger partial charge in [-0.05, 0) is 50.2 Å². The van der Waals surface area contributed by atoms with Gasteiger partial charge >= 0.3 is 5.92 Å². The second kappa shape index (κ2) is 14.3. The summed E-state index contributed by atoms with van der Waals surface area (Å²) in [5.41, 5.74) is 2.93. The third-order valence-electron chi connectivity index (χ3n) is 8.83. The molecule has 0 aliphatic carbocycles. The first kappa shape index (κ1) is 33.3. The van der Waals surface area contributed by atoms with Crippen molar-refractivity contribution in [2.24, 2.45) is 0 Å². The van der Waals surface area contributed by atoms with E-state index in [1.807, 2.05) is 31.2 Å². The van der Waals surface area contributed by atoms with Gasteiger partial charge in [-0.3, -0.25) is 9.69 Å². The zero-order chi connectivity index (χ0) is 33.8. The van der Waals surface area contributed by atoms with Gasteiger partial charge in [-0.1, -0.05) is 0 Å². The lowest BCUT2D eigenvalue weighted by Crippen LogP contribution is -2.56. The maximum atomic E-state index is 14.9. The SMILES string of the molecule is CCOc1cc(Nc2nccc(-c3ccc(OC4CCN(C(=O)[C@H](C)O)CC4(F)F)c(C#N)c3)n2)ccc1N1CCN(C2COC2)CC1. The molecule has 1 aromatic heterocycles. The number of nitrogens with one attached hydrogen (secondary N) is 1. The predicted molar refractivity (Wildman–Crippen MR) is 174 cm³/mol. The Kier molecular flexibility index (Phi) is 9.91. The molecule has 3 aliphatic rings. The average molecular weight is 664 g/mol. The van der Waals surface area contributed by atoms with Gasteiger partial charge in [-0.2, -0.15) is 5.26 Å². The van der Waals surface area contributed by atoms with Crippen molar-refractivity contribution in [3.63, 3.8) is 0 Å². The summed E-state index contributed by atoms with van der Waals surface area (Å²) in [7, 11) is 0. The van der Waals surface area contributed by atoms with Crippen LogP contribution in [-0.2, 0) is 9.53 Å². The number of anilines is 3. The average Bonchev–Trinajstić information content (AvgIpc) is 3.05. The second-order valence-electron chi connectivity index (χ2n) is 12.1. The monoisotopic (exact) mass is 663 g/mol. The minimum Gasteiger partial charge on any atom is -0.492 e. The molecule has 2 aromatic carbocycles. The number of carbonyl (C=O) groups excluding carboxylic acids is 1. The van der Waals surface area contributed by atoms with Crippen LogP contribution in [0.3, 0.4) is 0 Å². The fourth-order valence-corrected chi connectivity index (χ4v) is 6.14. The molecule has 2 atom stereocenters. The van der Waals surface area contributed by atoms with E-state index in [1.165, 1.54) is 19.1 Å². The number of piperidine rings is 1. The van der Waals surface area contributed by atoms with Gasteiger partial charge in [0.2, 0.25) is 5.95 Å².